The van der Waals surface area contributed by atoms with Gasteiger partial charge in [-0.15, -0.1) is 0 Å². The molecule has 2 fully saturated rings. The Morgan fingerprint density at radius 2 is 2.12 bits per heavy atom. The van der Waals surface area contributed by atoms with Gasteiger partial charge in [0.2, 0.25) is 0 Å². The second-order valence-corrected chi connectivity index (χ2v) is 6.76. The van der Waals surface area contributed by atoms with Crippen LogP contribution in [0.1, 0.15) is 47.2 Å². The number of amides is 1. The number of rotatable bonds is 3. The Morgan fingerprint density at radius 1 is 1.33 bits per heavy atom. The highest BCUT2D eigenvalue weighted by molar-refractivity contribution is 5.94. The van der Waals surface area contributed by atoms with Crippen LogP contribution in [0.25, 0.3) is 0 Å². The first kappa shape index (κ1) is 15.0. The van der Waals surface area contributed by atoms with Crippen molar-refractivity contribution >= 4 is 5.91 Å². The minimum absolute atomic E-state index is 0.0726. The standard InChI is InChI=1S/C16H20N6O2/c1-9-7-11(8-17-18-9)15(23)22-6-5-12(10-3-4-10)13(22)14-19-20-16(24)21(14)2/h7-8,10,12-13H,3-6H2,1-2H3,(H,20,24). The molecule has 8 nitrogen and oxygen atoms in total. The van der Waals surface area contributed by atoms with E-state index in [0.717, 1.165) is 6.42 Å². The number of carbonyl (C=O) groups excluding carboxylic acids is 1. The minimum atomic E-state index is -0.250. The number of nitrogens with zero attached hydrogens (tertiary/aromatic N) is 5. The van der Waals surface area contributed by atoms with E-state index >= 15 is 0 Å². The van der Waals surface area contributed by atoms with Gasteiger partial charge < -0.3 is 4.90 Å². The number of hydrogen-bond donors (Lipinski definition) is 1. The van der Waals surface area contributed by atoms with Crippen molar-refractivity contribution in [3.63, 3.8) is 0 Å². The number of aryl methyl sites for hydroxylation is 1. The van der Waals surface area contributed by atoms with E-state index in [0.29, 0.717) is 35.5 Å². The van der Waals surface area contributed by atoms with Gasteiger partial charge in [0.05, 0.1) is 23.5 Å². The van der Waals surface area contributed by atoms with E-state index in [4.69, 9.17) is 0 Å². The Labute approximate surface area is 138 Å². The second-order valence-electron chi connectivity index (χ2n) is 6.76. The van der Waals surface area contributed by atoms with Crippen LogP contribution >= 0.6 is 0 Å². The summed E-state index contributed by atoms with van der Waals surface area (Å²) in [5, 5.41) is 14.5. The van der Waals surface area contributed by atoms with Crippen LogP contribution in [-0.4, -0.2) is 42.3 Å². The van der Waals surface area contributed by atoms with E-state index in [-0.39, 0.29) is 17.6 Å². The molecule has 1 amide bonds. The Kier molecular flexibility index (Phi) is 3.47. The van der Waals surface area contributed by atoms with Gasteiger partial charge in [-0.1, -0.05) is 0 Å². The molecule has 2 aliphatic rings. The average Bonchev–Trinajstić information content (AvgIpc) is 3.25. The quantitative estimate of drug-likeness (QED) is 0.900. The smallest absolute Gasteiger partial charge is 0.328 e. The third kappa shape index (κ3) is 2.42. The topological polar surface area (TPSA) is 96.8 Å². The summed E-state index contributed by atoms with van der Waals surface area (Å²) in [5.41, 5.74) is 0.993. The first-order chi connectivity index (χ1) is 11.6. The minimum Gasteiger partial charge on any atom is -0.328 e. The fourth-order valence-corrected chi connectivity index (χ4v) is 3.77. The summed E-state index contributed by atoms with van der Waals surface area (Å²) >= 11 is 0. The van der Waals surface area contributed by atoms with Gasteiger partial charge >= 0.3 is 5.69 Å². The zero-order valence-electron chi connectivity index (χ0n) is 13.8. The van der Waals surface area contributed by atoms with Gasteiger partial charge in [-0.25, -0.2) is 9.89 Å². The van der Waals surface area contributed by atoms with E-state index in [9.17, 15) is 9.59 Å². The number of aromatic amines is 1. The van der Waals surface area contributed by atoms with Crippen molar-refractivity contribution in [3.05, 3.63) is 39.8 Å². The fourth-order valence-electron chi connectivity index (χ4n) is 3.77. The summed E-state index contributed by atoms with van der Waals surface area (Å²) in [6, 6.07) is 1.59. The van der Waals surface area contributed by atoms with E-state index in [2.05, 4.69) is 20.4 Å². The molecule has 1 aliphatic heterocycles. The molecule has 2 atom stereocenters. The van der Waals surface area contributed by atoms with Crippen LogP contribution in [0, 0.1) is 18.8 Å². The summed E-state index contributed by atoms with van der Waals surface area (Å²) in [5.74, 6) is 1.55. The van der Waals surface area contributed by atoms with Crippen LogP contribution in [0.4, 0.5) is 0 Å². The molecule has 24 heavy (non-hydrogen) atoms. The first-order valence-electron chi connectivity index (χ1n) is 8.28. The molecule has 2 aromatic heterocycles. The maximum absolute atomic E-state index is 13.0. The number of H-pyrrole nitrogens is 1. The summed E-state index contributed by atoms with van der Waals surface area (Å²) in [7, 11) is 1.70. The predicted octanol–water partition coefficient (Wildman–Crippen LogP) is 0.820. The van der Waals surface area contributed by atoms with Crippen molar-refractivity contribution in [2.45, 2.75) is 32.2 Å². The van der Waals surface area contributed by atoms with Crippen LogP contribution in [0.15, 0.2) is 17.1 Å². The fraction of sp³-hybridized carbons (Fsp3) is 0.562. The zero-order chi connectivity index (χ0) is 16.8. The molecule has 3 heterocycles. The van der Waals surface area contributed by atoms with E-state index in [1.807, 2.05) is 11.8 Å². The number of nitrogens with one attached hydrogen (secondary N) is 1. The third-order valence-corrected chi connectivity index (χ3v) is 5.14. The second kappa shape index (κ2) is 5.54. The van der Waals surface area contributed by atoms with Gasteiger partial charge in [-0.2, -0.15) is 15.3 Å². The lowest BCUT2D eigenvalue weighted by molar-refractivity contribution is 0.0701. The number of likely N-dealkylation sites (tertiary alicyclic amines) is 1. The lowest BCUT2D eigenvalue weighted by atomic mass is 9.94. The zero-order valence-corrected chi connectivity index (χ0v) is 13.8. The van der Waals surface area contributed by atoms with Gasteiger partial charge in [0.1, 0.15) is 0 Å². The van der Waals surface area contributed by atoms with Crippen molar-refractivity contribution in [2.75, 3.05) is 6.54 Å². The molecule has 0 radical (unpaired) electrons. The van der Waals surface area contributed by atoms with Crippen LogP contribution in [0.3, 0.4) is 0 Å². The third-order valence-electron chi connectivity index (χ3n) is 5.14. The van der Waals surface area contributed by atoms with E-state index in [1.165, 1.54) is 23.6 Å². The van der Waals surface area contributed by atoms with Crippen LogP contribution in [0.2, 0.25) is 0 Å². The molecular weight excluding hydrogens is 308 g/mol. The highest BCUT2D eigenvalue weighted by atomic mass is 16.2. The maximum atomic E-state index is 13.0. The molecule has 126 valence electrons. The van der Waals surface area contributed by atoms with Crippen LogP contribution in [-0.2, 0) is 7.05 Å². The van der Waals surface area contributed by atoms with Gasteiger partial charge in [0.15, 0.2) is 5.82 Å². The van der Waals surface area contributed by atoms with Crippen molar-refractivity contribution < 1.29 is 4.79 Å². The number of hydrogen-bond acceptors (Lipinski definition) is 5. The largest absolute Gasteiger partial charge is 0.343 e. The Hall–Kier alpha value is -2.51. The van der Waals surface area contributed by atoms with Crippen molar-refractivity contribution in [2.24, 2.45) is 18.9 Å². The lowest BCUT2D eigenvalue weighted by Gasteiger charge is -2.27. The van der Waals surface area contributed by atoms with Crippen LogP contribution in [0.5, 0.6) is 0 Å². The van der Waals surface area contributed by atoms with Crippen LogP contribution < -0.4 is 5.69 Å². The molecular formula is C16H20N6O2. The van der Waals surface area contributed by atoms with Gasteiger partial charge in [-0.05, 0) is 44.1 Å². The van der Waals surface area contributed by atoms with E-state index < -0.39 is 0 Å². The molecule has 1 saturated heterocycles. The molecule has 1 N–H and O–H groups in total. The molecule has 0 aromatic carbocycles. The first-order valence-corrected chi connectivity index (χ1v) is 8.28. The Balaban J connectivity index is 1.72. The summed E-state index contributed by atoms with van der Waals surface area (Å²) in [4.78, 5) is 26.7. The molecule has 1 aliphatic carbocycles. The Morgan fingerprint density at radius 3 is 2.75 bits per heavy atom. The molecule has 2 unspecified atom stereocenters. The normalized spacial score (nSPS) is 23.7. The molecule has 0 spiro atoms. The van der Waals surface area contributed by atoms with Crippen molar-refractivity contribution in [1.29, 1.82) is 0 Å². The monoisotopic (exact) mass is 328 g/mol. The summed E-state index contributed by atoms with van der Waals surface area (Å²) in [6.45, 7) is 2.49. The van der Waals surface area contributed by atoms with Gasteiger partial charge in [-0.3, -0.25) is 9.36 Å². The van der Waals surface area contributed by atoms with E-state index in [1.54, 1.807) is 13.1 Å². The maximum Gasteiger partial charge on any atom is 0.343 e. The molecule has 1 saturated carbocycles. The molecule has 4 rings (SSSR count). The molecule has 2 aromatic rings. The van der Waals surface area contributed by atoms with Crippen molar-refractivity contribution in [1.82, 2.24) is 29.9 Å². The lowest BCUT2D eigenvalue weighted by Crippen LogP contribution is -2.34. The van der Waals surface area contributed by atoms with Gasteiger partial charge in [0.25, 0.3) is 5.91 Å². The Bertz CT molecular complexity index is 837. The average molecular weight is 328 g/mol. The van der Waals surface area contributed by atoms with Gasteiger partial charge in [0, 0.05) is 13.6 Å². The van der Waals surface area contributed by atoms with Crippen molar-refractivity contribution in [3.8, 4) is 0 Å². The highest BCUT2D eigenvalue weighted by Crippen LogP contribution is 2.50. The number of carbonyl (C=O) groups is 1. The highest BCUT2D eigenvalue weighted by Gasteiger charge is 2.47. The molecule has 0 bridgehead atoms. The molecule has 8 heteroatoms. The summed E-state index contributed by atoms with van der Waals surface area (Å²) < 4.78 is 1.52. The SMILES string of the molecule is Cc1cc(C(=O)N2CCC(C3CC3)C2c2n[nH]c(=O)n2C)cnn1. The predicted molar refractivity (Wildman–Crippen MR) is 85.2 cm³/mol. The summed E-state index contributed by atoms with van der Waals surface area (Å²) in [6.07, 6.45) is 4.83. The number of aromatic nitrogens is 5.